The van der Waals surface area contributed by atoms with Gasteiger partial charge in [-0.25, -0.2) is 22.3 Å². The highest BCUT2D eigenvalue weighted by Gasteiger charge is 2.20. The maximum Gasteiger partial charge on any atom is 0.335 e. The second-order valence-corrected chi connectivity index (χ2v) is 5.79. The van der Waals surface area contributed by atoms with Crippen molar-refractivity contribution in [3.8, 4) is 0 Å². The maximum atomic E-state index is 13.5. The largest absolute Gasteiger partial charge is 0.478 e. The van der Waals surface area contributed by atoms with Crippen LogP contribution in [0.3, 0.4) is 0 Å². The summed E-state index contributed by atoms with van der Waals surface area (Å²) in [6.07, 6.45) is 0.549. The van der Waals surface area contributed by atoms with Crippen LogP contribution < -0.4 is 10.0 Å². The molecule has 0 aliphatic heterocycles. The molecule has 0 saturated heterocycles. The molecule has 3 N–H and O–H groups in total. The molecule has 0 aromatic heterocycles. The van der Waals surface area contributed by atoms with Crippen LogP contribution in [0.5, 0.6) is 0 Å². The summed E-state index contributed by atoms with van der Waals surface area (Å²) in [5, 5.41) is 11.8. The Kier molecular flexibility index (Phi) is 6.05. The topological polar surface area (TPSA) is 95.5 Å². The molecule has 0 radical (unpaired) electrons. The number of aromatic carboxylic acids is 1. The number of hydrogen-bond acceptors (Lipinski definition) is 4. The molecule has 6 nitrogen and oxygen atoms in total. The fourth-order valence-corrected chi connectivity index (χ4v) is 2.69. The van der Waals surface area contributed by atoms with Gasteiger partial charge in [0.1, 0.15) is 10.7 Å². The molecule has 8 heteroatoms. The van der Waals surface area contributed by atoms with Gasteiger partial charge in [0, 0.05) is 6.54 Å². The van der Waals surface area contributed by atoms with E-state index in [4.69, 9.17) is 5.11 Å². The molecule has 0 fully saturated rings. The summed E-state index contributed by atoms with van der Waals surface area (Å²) in [5.74, 6) is -2.29. The van der Waals surface area contributed by atoms with Crippen LogP contribution in [0.15, 0.2) is 23.1 Å². The van der Waals surface area contributed by atoms with Crippen LogP contribution in [0.1, 0.15) is 23.7 Å². The molecular weight excluding hydrogens is 287 g/mol. The van der Waals surface area contributed by atoms with Gasteiger partial charge in [-0.1, -0.05) is 6.92 Å². The maximum absolute atomic E-state index is 13.5. The quantitative estimate of drug-likeness (QED) is 0.618. The van der Waals surface area contributed by atoms with E-state index in [2.05, 4.69) is 10.0 Å². The first-order valence-corrected chi connectivity index (χ1v) is 7.60. The lowest BCUT2D eigenvalue weighted by Gasteiger charge is -2.08. The lowest BCUT2D eigenvalue weighted by atomic mass is 10.2. The number of carboxylic acids is 1. The zero-order valence-electron chi connectivity index (χ0n) is 11.0. The number of sulfonamides is 1. The third-order valence-electron chi connectivity index (χ3n) is 2.54. The molecule has 20 heavy (non-hydrogen) atoms. The van der Waals surface area contributed by atoms with Crippen molar-refractivity contribution < 1.29 is 22.7 Å². The molecule has 112 valence electrons. The minimum absolute atomic E-state index is 0.145. The summed E-state index contributed by atoms with van der Waals surface area (Å²) >= 11 is 0. The number of benzene rings is 1. The molecule has 0 saturated carbocycles. The molecular formula is C12H17FN2O4S. The van der Waals surface area contributed by atoms with Crippen molar-refractivity contribution in [2.24, 2.45) is 0 Å². The molecule has 1 aromatic carbocycles. The highest BCUT2D eigenvalue weighted by molar-refractivity contribution is 7.89. The number of carbonyl (C=O) groups is 1. The van der Waals surface area contributed by atoms with Crippen molar-refractivity contribution in [1.29, 1.82) is 0 Å². The van der Waals surface area contributed by atoms with E-state index < -0.39 is 26.7 Å². The monoisotopic (exact) mass is 304 g/mol. The molecule has 0 aliphatic carbocycles. The van der Waals surface area contributed by atoms with Crippen LogP contribution in [0.2, 0.25) is 0 Å². The third kappa shape index (κ3) is 4.55. The van der Waals surface area contributed by atoms with E-state index in [1.54, 1.807) is 0 Å². The van der Waals surface area contributed by atoms with Gasteiger partial charge in [0.25, 0.3) is 0 Å². The number of rotatable bonds is 8. The predicted octanol–water partition coefficient (Wildman–Crippen LogP) is 0.802. The Bertz CT molecular complexity index is 575. The Labute approximate surface area is 117 Å². The molecule has 0 unspecified atom stereocenters. The van der Waals surface area contributed by atoms with E-state index in [1.165, 1.54) is 0 Å². The van der Waals surface area contributed by atoms with E-state index >= 15 is 0 Å². The van der Waals surface area contributed by atoms with Crippen molar-refractivity contribution in [1.82, 2.24) is 10.0 Å². The Morgan fingerprint density at radius 2 is 2.05 bits per heavy atom. The molecule has 1 aromatic rings. The number of hydrogen-bond donors (Lipinski definition) is 3. The van der Waals surface area contributed by atoms with E-state index in [0.29, 0.717) is 13.0 Å². The lowest BCUT2D eigenvalue weighted by Crippen LogP contribution is -2.28. The minimum Gasteiger partial charge on any atom is -0.478 e. The molecule has 0 amide bonds. The normalized spacial score (nSPS) is 11.5. The fourth-order valence-electron chi connectivity index (χ4n) is 1.52. The van der Waals surface area contributed by atoms with Crippen molar-refractivity contribution in [2.75, 3.05) is 19.6 Å². The van der Waals surface area contributed by atoms with Crippen LogP contribution in [0, 0.1) is 5.82 Å². The van der Waals surface area contributed by atoms with E-state index in [0.717, 1.165) is 24.7 Å². The molecule has 0 aliphatic rings. The van der Waals surface area contributed by atoms with Crippen LogP contribution >= 0.6 is 0 Å². The second-order valence-electron chi connectivity index (χ2n) is 4.06. The summed E-state index contributed by atoms with van der Waals surface area (Å²) in [7, 11) is -4.05. The fraction of sp³-hybridized carbons (Fsp3) is 0.417. The van der Waals surface area contributed by atoms with Gasteiger partial charge in [-0.15, -0.1) is 0 Å². The summed E-state index contributed by atoms with van der Waals surface area (Å²) in [6, 6.07) is 2.66. The van der Waals surface area contributed by atoms with E-state index in [9.17, 15) is 17.6 Å². The highest BCUT2D eigenvalue weighted by atomic mass is 32.2. The Balaban J connectivity index is 2.81. The Morgan fingerprint density at radius 1 is 1.35 bits per heavy atom. The average Bonchev–Trinajstić information content (AvgIpc) is 2.38. The van der Waals surface area contributed by atoms with Gasteiger partial charge in [-0.05, 0) is 37.7 Å². The standard InChI is InChI=1S/C12H17FN2O4S/c1-2-14-6-3-7-15-20(18,19)11-8-9(12(16)17)4-5-10(11)13/h4-5,8,14-15H,2-3,6-7H2,1H3,(H,16,17). The summed E-state index contributed by atoms with van der Waals surface area (Å²) in [5.41, 5.74) is -0.278. The minimum atomic E-state index is -4.05. The van der Waals surface area contributed by atoms with Gasteiger partial charge in [0.2, 0.25) is 10.0 Å². The van der Waals surface area contributed by atoms with Crippen molar-refractivity contribution >= 4 is 16.0 Å². The van der Waals surface area contributed by atoms with E-state index in [-0.39, 0.29) is 12.1 Å². The van der Waals surface area contributed by atoms with Crippen LogP contribution in [0.25, 0.3) is 0 Å². The van der Waals surface area contributed by atoms with Gasteiger partial charge in [0.15, 0.2) is 0 Å². The Morgan fingerprint density at radius 3 is 2.65 bits per heavy atom. The van der Waals surface area contributed by atoms with Crippen molar-refractivity contribution in [3.05, 3.63) is 29.6 Å². The zero-order chi connectivity index (χ0) is 15.2. The van der Waals surface area contributed by atoms with Crippen molar-refractivity contribution in [3.63, 3.8) is 0 Å². The van der Waals surface area contributed by atoms with Gasteiger partial charge in [-0.3, -0.25) is 0 Å². The van der Waals surface area contributed by atoms with E-state index in [1.807, 2.05) is 6.92 Å². The molecule has 1 rings (SSSR count). The zero-order valence-corrected chi connectivity index (χ0v) is 11.8. The summed E-state index contributed by atoms with van der Waals surface area (Å²) in [4.78, 5) is 10.1. The summed E-state index contributed by atoms with van der Waals surface area (Å²) in [6.45, 7) is 3.49. The third-order valence-corrected chi connectivity index (χ3v) is 4.02. The lowest BCUT2D eigenvalue weighted by molar-refractivity contribution is 0.0696. The van der Waals surface area contributed by atoms with Gasteiger partial charge in [0.05, 0.1) is 5.56 Å². The van der Waals surface area contributed by atoms with Gasteiger partial charge < -0.3 is 10.4 Å². The van der Waals surface area contributed by atoms with Gasteiger partial charge in [-0.2, -0.15) is 0 Å². The molecule has 0 atom stereocenters. The average molecular weight is 304 g/mol. The molecule has 0 spiro atoms. The SMILES string of the molecule is CCNCCCNS(=O)(=O)c1cc(C(=O)O)ccc1F. The van der Waals surface area contributed by atoms with Crippen LogP contribution in [-0.2, 0) is 10.0 Å². The summed E-state index contributed by atoms with van der Waals surface area (Å²) < 4.78 is 39.6. The first-order valence-electron chi connectivity index (χ1n) is 6.11. The highest BCUT2D eigenvalue weighted by Crippen LogP contribution is 2.16. The number of halogens is 1. The molecule has 0 heterocycles. The van der Waals surface area contributed by atoms with Crippen LogP contribution in [-0.4, -0.2) is 39.1 Å². The van der Waals surface area contributed by atoms with Crippen LogP contribution in [0.4, 0.5) is 4.39 Å². The second kappa shape index (κ2) is 7.32. The predicted molar refractivity (Wildman–Crippen MR) is 71.7 cm³/mol. The number of nitrogens with one attached hydrogen (secondary N) is 2. The van der Waals surface area contributed by atoms with Crippen molar-refractivity contribution in [2.45, 2.75) is 18.2 Å². The number of carboxylic acid groups (broad SMARTS) is 1. The first kappa shape index (κ1) is 16.5. The van der Waals surface area contributed by atoms with Gasteiger partial charge >= 0.3 is 5.97 Å². The Hall–Kier alpha value is -1.51. The first-order chi connectivity index (χ1) is 9.38. The molecule has 0 bridgehead atoms. The smallest absolute Gasteiger partial charge is 0.335 e.